The standard InChI is InChI=1S/C15H24BrNS/c1-15(2)7-6-11(10-17-3)12(9-15)8-13-4-5-14(16)18-13/h4-5,11-12,17H,6-10H2,1-3H3. The van der Waals surface area contributed by atoms with E-state index >= 15 is 0 Å². The second-order valence-electron chi connectivity index (χ2n) is 6.39. The van der Waals surface area contributed by atoms with Crippen LogP contribution in [0.5, 0.6) is 0 Å². The van der Waals surface area contributed by atoms with E-state index in [0.29, 0.717) is 5.41 Å². The van der Waals surface area contributed by atoms with Crippen LogP contribution in [0.4, 0.5) is 0 Å². The Labute approximate surface area is 123 Å². The summed E-state index contributed by atoms with van der Waals surface area (Å²) in [6, 6.07) is 4.47. The second-order valence-corrected chi connectivity index (χ2v) is 8.94. The molecule has 0 amide bonds. The van der Waals surface area contributed by atoms with Crippen LogP contribution in [0.15, 0.2) is 15.9 Å². The molecule has 1 aliphatic carbocycles. The van der Waals surface area contributed by atoms with Gasteiger partial charge in [-0.1, -0.05) is 13.8 Å². The fourth-order valence-corrected chi connectivity index (χ4v) is 4.86. The third-order valence-electron chi connectivity index (χ3n) is 4.23. The average molecular weight is 330 g/mol. The first-order valence-electron chi connectivity index (χ1n) is 6.89. The highest BCUT2D eigenvalue weighted by Crippen LogP contribution is 2.43. The van der Waals surface area contributed by atoms with Gasteiger partial charge in [0.2, 0.25) is 0 Å². The molecule has 1 N–H and O–H groups in total. The van der Waals surface area contributed by atoms with Crippen molar-refractivity contribution in [1.82, 2.24) is 5.32 Å². The summed E-state index contributed by atoms with van der Waals surface area (Å²) in [4.78, 5) is 1.53. The summed E-state index contributed by atoms with van der Waals surface area (Å²) in [5.41, 5.74) is 0.531. The summed E-state index contributed by atoms with van der Waals surface area (Å²) >= 11 is 5.47. The minimum Gasteiger partial charge on any atom is -0.319 e. The van der Waals surface area contributed by atoms with Crippen LogP contribution in [-0.4, -0.2) is 13.6 Å². The zero-order valence-corrected chi connectivity index (χ0v) is 14.0. The summed E-state index contributed by atoms with van der Waals surface area (Å²) in [5, 5.41) is 3.38. The van der Waals surface area contributed by atoms with Gasteiger partial charge in [0.05, 0.1) is 3.79 Å². The van der Waals surface area contributed by atoms with Crippen molar-refractivity contribution in [2.24, 2.45) is 17.3 Å². The lowest BCUT2D eigenvalue weighted by atomic mass is 9.66. The van der Waals surface area contributed by atoms with Crippen LogP contribution >= 0.6 is 27.3 Å². The number of rotatable bonds is 4. The van der Waals surface area contributed by atoms with E-state index in [9.17, 15) is 0 Å². The van der Waals surface area contributed by atoms with Crippen LogP contribution in [0.2, 0.25) is 0 Å². The molecule has 0 aliphatic heterocycles. The molecule has 102 valence electrons. The molecule has 0 saturated heterocycles. The molecule has 1 aromatic heterocycles. The van der Waals surface area contributed by atoms with Gasteiger partial charge in [-0.2, -0.15) is 0 Å². The van der Waals surface area contributed by atoms with Crippen molar-refractivity contribution in [2.75, 3.05) is 13.6 Å². The van der Waals surface area contributed by atoms with E-state index in [-0.39, 0.29) is 0 Å². The molecule has 1 nitrogen and oxygen atoms in total. The van der Waals surface area contributed by atoms with Crippen molar-refractivity contribution in [3.8, 4) is 0 Å². The topological polar surface area (TPSA) is 12.0 Å². The lowest BCUT2D eigenvalue weighted by Crippen LogP contribution is -2.35. The van der Waals surface area contributed by atoms with Gasteiger partial charge in [-0.25, -0.2) is 0 Å². The first-order valence-corrected chi connectivity index (χ1v) is 8.50. The number of hydrogen-bond donors (Lipinski definition) is 1. The van der Waals surface area contributed by atoms with Crippen LogP contribution in [0.1, 0.15) is 38.0 Å². The Morgan fingerprint density at radius 1 is 1.39 bits per heavy atom. The van der Waals surface area contributed by atoms with E-state index in [0.717, 1.165) is 11.8 Å². The largest absolute Gasteiger partial charge is 0.319 e. The van der Waals surface area contributed by atoms with Gasteiger partial charge in [-0.3, -0.25) is 0 Å². The van der Waals surface area contributed by atoms with Gasteiger partial charge >= 0.3 is 0 Å². The third kappa shape index (κ3) is 3.82. The second kappa shape index (κ2) is 6.06. The van der Waals surface area contributed by atoms with Crippen LogP contribution in [0, 0.1) is 17.3 Å². The van der Waals surface area contributed by atoms with Crippen LogP contribution in [-0.2, 0) is 6.42 Å². The molecule has 1 heterocycles. The summed E-state index contributed by atoms with van der Waals surface area (Å²) in [5.74, 6) is 1.69. The SMILES string of the molecule is CNCC1CCC(C)(C)CC1Cc1ccc(Br)s1. The van der Waals surface area contributed by atoms with Crippen LogP contribution in [0.25, 0.3) is 0 Å². The molecule has 3 heteroatoms. The Morgan fingerprint density at radius 3 is 2.78 bits per heavy atom. The molecule has 0 spiro atoms. The molecule has 0 aromatic carbocycles. The van der Waals surface area contributed by atoms with Crippen molar-refractivity contribution in [2.45, 2.75) is 39.5 Å². The van der Waals surface area contributed by atoms with E-state index in [1.54, 1.807) is 0 Å². The molecule has 0 radical (unpaired) electrons. The van der Waals surface area contributed by atoms with E-state index in [1.165, 1.54) is 40.9 Å². The highest BCUT2D eigenvalue weighted by Gasteiger charge is 2.34. The predicted molar refractivity (Wildman–Crippen MR) is 84.3 cm³/mol. The van der Waals surface area contributed by atoms with E-state index < -0.39 is 0 Å². The molecule has 2 rings (SSSR count). The quantitative estimate of drug-likeness (QED) is 0.843. The first-order chi connectivity index (χ1) is 8.50. The maximum absolute atomic E-state index is 3.57. The molecule has 1 saturated carbocycles. The number of thiophene rings is 1. The normalized spacial score (nSPS) is 27.3. The van der Waals surface area contributed by atoms with Gasteiger partial charge < -0.3 is 5.32 Å². The average Bonchev–Trinajstić information content (AvgIpc) is 2.68. The monoisotopic (exact) mass is 329 g/mol. The van der Waals surface area contributed by atoms with Gasteiger partial charge in [-0.05, 0) is 84.6 Å². The molecule has 1 aliphatic rings. The van der Waals surface area contributed by atoms with Crippen molar-refractivity contribution in [3.63, 3.8) is 0 Å². The highest BCUT2D eigenvalue weighted by atomic mass is 79.9. The van der Waals surface area contributed by atoms with Crippen molar-refractivity contribution >= 4 is 27.3 Å². The maximum Gasteiger partial charge on any atom is 0.0701 e. The molecule has 18 heavy (non-hydrogen) atoms. The van der Waals surface area contributed by atoms with Gasteiger partial charge in [0.25, 0.3) is 0 Å². The fraction of sp³-hybridized carbons (Fsp3) is 0.733. The Morgan fingerprint density at radius 2 is 2.17 bits per heavy atom. The third-order valence-corrected chi connectivity index (χ3v) is 5.88. The van der Waals surface area contributed by atoms with Gasteiger partial charge in [0.1, 0.15) is 0 Å². The molecular weight excluding hydrogens is 306 g/mol. The van der Waals surface area contributed by atoms with E-state index in [2.05, 4.69) is 54.3 Å². The Hall–Kier alpha value is 0.140. The summed E-state index contributed by atoms with van der Waals surface area (Å²) in [7, 11) is 2.08. The number of halogens is 1. The zero-order chi connectivity index (χ0) is 13.2. The predicted octanol–water partition coefficient (Wildman–Crippen LogP) is 4.72. The van der Waals surface area contributed by atoms with Crippen LogP contribution < -0.4 is 5.32 Å². The Kier molecular flexibility index (Phi) is 4.90. The number of hydrogen-bond acceptors (Lipinski definition) is 2. The fourth-order valence-electron chi connectivity index (χ4n) is 3.28. The number of nitrogens with one attached hydrogen (secondary N) is 1. The minimum absolute atomic E-state index is 0.531. The molecule has 2 unspecified atom stereocenters. The zero-order valence-electron chi connectivity index (χ0n) is 11.6. The van der Waals surface area contributed by atoms with Gasteiger partial charge in [0, 0.05) is 4.88 Å². The lowest BCUT2D eigenvalue weighted by molar-refractivity contribution is 0.118. The van der Waals surface area contributed by atoms with E-state index in [4.69, 9.17) is 0 Å². The smallest absolute Gasteiger partial charge is 0.0701 e. The minimum atomic E-state index is 0.531. The summed E-state index contributed by atoms with van der Waals surface area (Å²) in [6.45, 7) is 6.03. The van der Waals surface area contributed by atoms with E-state index in [1.807, 2.05) is 11.3 Å². The molecule has 0 bridgehead atoms. The first kappa shape index (κ1) is 14.5. The Balaban J connectivity index is 2.05. The highest BCUT2D eigenvalue weighted by molar-refractivity contribution is 9.11. The van der Waals surface area contributed by atoms with Gasteiger partial charge in [-0.15, -0.1) is 11.3 Å². The van der Waals surface area contributed by atoms with Crippen molar-refractivity contribution in [1.29, 1.82) is 0 Å². The van der Waals surface area contributed by atoms with Crippen molar-refractivity contribution < 1.29 is 0 Å². The Bertz CT molecular complexity index is 386. The van der Waals surface area contributed by atoms with Crippen molar-refractivity contribution in [3.05, 3.63) is 20.8 Å². The maximum atomic E-state index is 3.57. The molecule has 2 atom stereocenters. The lowest BCUT2D eigenvalue weighted by Gasteiger charge is -2.41. The summed E-state index contributed by atoms with van der Waals surface area (Å²) < 4.78 is 1.26. The molecule has 1 aromatic rings. The van der Waals surface area contributed by atoms with Crippen LogP contribution in [0.3, 0.4) is 0 Å². The molecular formula is C15H24BrNS. The van der Waals surface area contributed by atoms with Gasteiger partial charge in [0.15, 0.2) is 0 Å². The molecule has 1 fully saturated rings. The summed E-state index contributed by atoms with van der Waals surface area (Å²) in [6.07, 6.45) is 5.38.